The Morgan fingerprint density at radius 3 is 2.62 bits per heavy atom. The lowest BCUT2D eigenvalue weighted by Crippen LogP contribution is -2.34. The first kappa shape index (κ1) is 12.9. The van der Waals surface area contributed by atoms with E-state index in [4.69, 9.17) is 5.73 Å². The first-order valence-electron chi connectivity index (χ1n) is 4.74. The molecule has 0 radical (unpaired) electrons. The summed E-state index contributed by atoms with van der Waals surface area (Å²) in [7, 11) is 1.68. The number of nitrogens with two attached hydrogens (primary N) is 1. The Kier molecular flexibility index (Phi) is 4.64. The van der Waals surface area contributed by atoms with Gasteiger partial charge < -0.3 is 5.73 Å². The Bertz CT molecular complexity index is 407. The van der Waals surface area contributed by atoms with Gasteiger partial charge in [-0.15, -0.1) is 0 Å². The number of hydrogen-bond donors (Lipinski definition) is 1. The molecule has 0 heterocycles. The summed E-state index contributed by atoms with van der Waals surface area (Å²) in [6.45, 7) is 0.263. The molecule has 0 unspecified atom stereocenters. The molecule has 0 atom stereocenters. The standard InChI is InChI=1S/C11H13BrN2O2/c1-14(7-11(13)16)6-10(15)8-3-2-4-9(12)5-8/h2-5H,6-7H2,1H3,(H2,13,16). The lowest BCUT2D eigenvalue weighted by Gasteiger charge is -2.13. The van der Waals surface area contributed by atoms with Gasteiger partial charge in [0.2, 0.25) is 5.91 Å². The number of likely N-dealkylation sites (N-methyl/N-ethyl adjacent to an activating group) is 1. The average molecular weight is 285 g/mol. The Hall–Kier alpha value is -1.20. The molecule has 1 aromatic rings. The normalized spacial score (nSPS) is 10.4. The number of nitrogens with zero attached hydrogens (tertiary/aromatic N) is 1. The molecular weight excluding hydrogens is 272 g/mol. The first-order chi connectivity index (χ1) is 7.49. The second kappa shape index (κ2) is 5.77. The minimum atomic E-state index is -0.440. The van der Waals surface area contributed by atoms with Gasteiger partial charge in [-0.1, -0.05) is 28.1 Å². The molecule has 1 rings (SSSR count). The van der Waals surface area contributed by atoms with Crippen LogP contribution >= 0.6 is 15.9 Å². The first-order valence-corrected chi connectivity index (χ1v) is 5.54. The Morgan fingerprint density at radius 2 is 2.06 bits per heavy atom. The van der Waals surface area contributed by atoms with Crippen LogP contribution in [0.3, 0.4) is 0 Å². The number of ketones is 1. The summed E-state index contributed by atoms with van der Waals surface area (Å²) in [6.07, 6.45) is 0. The minimum absolute atomic E-state index is 0.0370. The molecule has 0 aromatic heterocycles. The highest BCUT2D eigenvalue weighted by atomic mass is 79.9. The van der Waals surface area contributed by atoms with E-state index in [1.807, 2.05) is 6.07 Å². The maximum atomic E-state index is 11.8. The summed E-state index contributed by atoms with van der Waals surface area (Å²) in [5.41, 5.74) is 5.65. The van der Waals surface area contributed by atoms with Gasteiger partial charge in [0.05, 0.1) is 13.1 Å². The minimum Gasteiger partial charge on any atom is -0.369 e. The third kappa shape index (κ3) is 4.12. The van der Waals surface area contributed by atoms with Crippen molar-refractivity contribution in [3.8, 4) is 0 Å². The monoisotopic (exact) mass is 284 g/mol. The van der Waals surface area contributed by atoms with Gasteiger partial charge in [0.25, 0.3) is 0 Å². The molecular formula is C11H13BrN2O2. The predicted molar refractivity (Wildman–Crippen MR) is 65.2 cm³/mol. The molecule has 0 aliphatic carbocycles. The van der Waals surface area contributed by atoms with Gasteiger partial charge >= 0.3 is 0 Å². The van der Waals surface area contributed by atoms with Crippen LogP contribution in [0.2, 0.25) is 0 Å². The fourth-order valence-corrected chi connectivity index (χ4v) is 1.72. The number of amides is 1. The number of halogens is 1. The van der Waals surface area contributed by atoms with E-state index in [-0.39, 0.29) is 18.9 Å². The number of primary amides is 1. The van der Waals surface area contributed by atoms with Crippen LogP contribution in [0.15, 0.2) is 28.7 Å². The van der Waals surface area contributed by atoms with E-state index in [1.54, 1.807) is 30.1 Å². The van der Waals surface area contributed by atoms with Crippen molar-refractivity contribution in [1.82, 2.24) is 4.90 Å². The number of Topliss-reactive ketones (excluding diaryl/α,β-unsaturated/α-hetero) is 1. The van der Waals surface area contributed by atoms with Crippen LogP contribution in [0, 0.1) is 0 Å². The summed E-state index contributed by atoms with van der Waals surface area (Å²) < 4.78 is 0.857. The van der Waals surface area contributed by atoms with Crippen LogP contribution in [0.25, 0.3) is 0 Å². The Labute approximate surface area is 103 Å². The second-order valence-corrected chi connectivity index (χ2v) is 4.49. The van der Waals surface area contributed by atoms with Crippen LogP contribution in [0.1, 0.15) is 10.4 Å². The molecule has 0 fully saturated rings. The third-order valence-electron chi connectivity index (χ3n) is 1.99. The van der Waals surface area contributed by atoms with Crippen molar-refractivity contribution < 1.29 is 9.59 Å². The molecule has 1 aromatic carbocycles. The quantitative estimate of drug-likeness (QED) is 0.822. The van der Waals surface area contributed by atoms with E-state index in [0.29, 0.717) is 5.56 Å². The summed E-state index contributed by atoms with van der Waals surface area (Å²) in [5, 5.41) is 0. The van der Waals surface area contributed by atoms with E-state index >= 15 is 0 Å². The summed E-state index contributed by atoms with van der Waals surface area (Å²) in [5.74, 6) is -0.477. The Balaban J connectivity index is 2.62. The number of hydrogen-bond acceptors (Lipinski definition) is 3. The number of benzene rings is 1. The molecule has 16 heavy (non-hydrogen) atoms. The highest BCUT2D eigenvalue weighted by Crippen LogP contribution is 2.12. The largest absolute Gasteiger partial charge is 0.369 e. The van der Waals surface area contributed by atoms with Crippen molar-refractivity contribution in [2.24, 2.45) is 5.73 Å². The maximum Gasteiger partial charge on any atom is 0.231 e. The smallest absolute Gasteiger partial charge is 0.231 e. The zero-order valence-electron chi connectivity index (χ0n) is 8.94. The maximum absolute atomic E-state index is 11.8. The van der Waals surface area contributed by atoms with Crippen LogP contribution in [0.4, 0.5) is 0 Å². The van der Waals surface area contributed by atoms with Crippen LogP contribution < -0.4 is 5.73 Å². The molecule has 5 heteroatoms. The lowest BCUT2D eigenvalue weighted by atomic mass is 10.1. The van der Waals surface area contributed by atoms with Crippen molar-refractivity contribution >= 4 is 27.6 Å². The molecule has 4 nitrogen and oxygen atoms in total. The number of carbonyl (C=O) groups is 2. The lowest BCUT2D eigenvalue weighted by molar-refractivity contribution is -0.118. The molecule has 0 saturated heterocycles. The van der Waals surface area contributed by atoms with Gasteiger partial charge in [-0.3, -0.25) is 14.5 Å². The molecule has 86 valence electrons. The fraction of sp³-hybridized carbons (Fsp3) is 0.273. The molecule has 0 spiro atoms. The second-order valence-electron chi connectivity index (χ2n) is 3.57. The molecule has 0 bridgehead atoms. The highest BCUT2D eigenvalue weighted by molar-refractivity contribution is 9.10. The zero-order chi connectivity index (χ0) is 12.1. The molecule has 0 aliphatic heterocycles. The van der Waals surface area contributed by atoms with Gasteiger partial charge in [0.1, 0.15) is 0 Å². The van der Waals surface area contributed by atoms with E-state index in [9.17, 15) is 9.59 Å². The van der Waals surface area contributed by atoms with E-state index in [0.717, 1.165) is 4.47 Å². The van der Waals surface area contributed by atoms with Crippen molar-refractivity contribution in [1.29, 1.82) is 0 Å². The van der Waals surface area contributed by atoms with E-state index < -0.39 is 5.91 Å². The number of carbonyl (C=O) groups excluding carboxylic acids is 2. The van der Waals surface area contributed by atoms with Gasteiger partial charge in [-0.25, -0.2) is 0 Å². The van der Waals surface area contributed by atoms with Crippen molar-refractivity contribution in [2.45, 2.75) is 0 Å². The van der Waals surface area contributed by atoms with Crippen molar-refractivity contribution in [3.63, 3.8) is 0 Å². The van der Waals surface area contributed by atoms with Gasteiger partial charge in [-0.05, 0) is 19.2 Å². The summed E-state index contributed by atoms with van der Waals surface area (Å²) in [4.78, 5) is 24.0. The summed E-state index contributed by atoms with van der Waals surface area (Å²) >= 11 is 3.30. The molecule has 2 N–H and O–H groups in total. The van der Waals surface area contributed by atoms with Gasteiger partial charge in [0, 0.05) is 10.0 Å². The molecule has 1 amide bonds. The van der Waals surface area contributed by atoms with Crippen LogP contribution in [-0.4, -0.2) is 36.7 Å². The fourth-order valence-electron chi connectivity index (χ4n) is 1.32. The third-order valence-corrected chi connectivity index (χ3v) is 2.48. The van der Waals surface area contributed by atoms with Crippen LogP contribution in [0.5, 0.6) is 0 Å². The topological polar surface area (TPSA) is 63.4 Å². The number of rotatable bonds is 5. The van der Waals surface area contributed by atoms with Crippen LogP contribution in [-0.2, 0) is 4.79 Å². The highest BCUT2D eigenvalue weighted by Gasteiger charge is 2.10. The predicted octanol–water partition coefficient (Wildman–Crippen LogP) is 1.05. The van der Waals surface area contributed by atoms with E-state index in [1.165, 1.54) is 0 Å². The summed E-state index contributed by atoms with van der Waals surface area (Å²) in [6, 6.07) is 7.14. The Morgan fingerprint density at radius 1 is 1.38 bits per heavy atom. The zero-order valence-corrected chi connectivity index (χ0v) is 10.5. The van der Waals surface area contributed by atoms with Gasteiger partial charge in [0.15, 0.2) is 5.78 Å². The SMILES string of the molecule is CN(CC(N)=O)CC(=O)c1cccc(Br)c1. The van der Waals surface area contributed by atoms with Crippen molar-refractivity contribution in [2.75, 3.05) is 20.1 Å². The van der Waals surface area contributed by atoms with Gasteiger partial charge in [-0.2, -0.15) is 0 Å². The molecule has 0 aliphatic rings. The van der Waals surface area contributed by atoms with E-state index in [2.05, 4.69) is 15.9 Å². The molecule has 0 saturated carbocycles. The van der Waals surface area contributed by atoms with Crippen molar-refractivity contribution in [3.05, 3.63) is 34.3 Å². The average Bonchev–Trinajstić information content (AvgIpc) is 2.16.